The largest absolute Gasteiger partial charge is 0.398 e. The Bertz CT molecular complexity index is 607. The first-order chi connectivity index (χ1) is 8.77. The molecule has 0 aliphatic rings. The normalized spacial score (nSPS) is 9.72. The quantitative estimate of drug-likeness (QED) is 0.652. The van der Waals surface area contributed by atoms with Crippen molar-refractivity contribution in [2.45, 2.75) is 6.42 Å². The Morgan fingerprint density at radius 3 is 2.50 bits per heavy atom. The second-order valence-electron chi connectivity index (χ2n) is 4.03. The first-order valence-corrected chi connectivity index (χ1v) is 5.75. The molecule has 0 spiro atoms. The van der Waals surface area contributed by atoms with E-state index in [-0.39, 0.29) is 0 Å². The number of hydrogen-bond donors (Lipinski definition) is 1. The van der Waals surface area contributed by atoms with Crippen LogP contribution in [-0.2, 0) is 6.42 Å². The molecule has 2 nitrogen and oxygen atoms in total. The molecule has 0 saturated carbocycles. The zero-order valence-corrected chi connectivity index (χ0v) is 10.1. The van der Waals surface area contributed by atoms with E-state index in [1.54, 1.807) is 12.1 Å². The van der Waals surface area contributed by atoms with Crippen LogP contribution in [0.3, 0.4) is 0 Å². The molecule has 0 bridgehead atoms. The summed E-state index contributed by atoms with van der Waals surface area (Å²) in [6, 6.07) is 15.9. The van der Waals surface area contributed by atoms with Crippen molar-refractivity contribution in [3.63, 3.8) is 0 Å². The van der Waals surface area contributed by atoms with Crippen LogP contribution in [0.5, 0.6) is 0 Å². The third kappa shape index (κ3) is 2.11. The van der Waals surface area contributed by atoms with Crippen molar-refractivity contribution in [1.29, 1.82) is 5.26 Å². The van der Waals surface area contributed by atoms with Crippen molar-refractivity contribution in [2.24, 2.45) is 0 Å². The first kappa shape index (κ1) is 11.9. The molecule has 0 aliphatic carbocycles. The van der Waals surface area contributed by atoms with E-state index in [9.17, 15) is 5.26 Å². The molecule has 18 heavy (non-hydrogen) atoms. The molecular weight excluding hydrogens is 220 g/mol. The minimum absolute atomic E-state index is 0.522. The van der Waals surface area contributed by atoms with Gasteiger partial charge in [-0.2, -0.15) is 5.26 Å². The van der Waals surface area contributed by atoms with Crippen LogP contribution in [0.4, 0.5) is 5.69 Å². The van der Waals surface area contributed by atoms with E-state index in [0.29, 0.717) is 17.7 Å². The molecular formula is C16H14N2. The third-order valence-electron chi connectivity index (χ3n) is 2.89. The summed E-state index contributed by atoms with van der Waals surface area (Å²) in [5.41, 5.74) is 10.0. The number of nitriles is 1. The number of nitrogens with two attached hydrogens (primary N) is 1. The molecule has 2 rings (SSSR count). The van der Waals surface area contributed by atoms with E-state index in [2.05, 4.69) is 12.6 Å². The molecule has 0 atom stereocenters. The smallest absolute Gasteiger partial charge is 0.102 e. The Kier molecular flexibility index (Phi) is 3.45. The minimum atomic E-state index is 0.522. The van der Waals surface area contributed by atoms with Crippen LogP contribution in [0.2, 0.25) is 0 Å². The highest BCUT2D eigenvalue weighted by Crippen LogP contribution is 2.29. The zero-order chi connectivity index (χ0) is 13.0. The summed E-state index contributed by atoms with van der Waals surface area (Å²) in [5, 5.41) is 9.23. The highest BCUT2D eigenvalue weighted by Gasteiger charge is 2.11. The maximum atomic E-state index is 9.23. The van der Waals surface area contributed by atoms with Gasteiger partial charge in [-0.3, -0.25) is 0 Å². The average Bonchev–Trinajstić information content (AvgIpc) is 2.41. The maximum absolute atomic E-state index is 9.23. The van der Waals surface area contributed by atoms with Gasteiger partial charge in [0, 0.05) is 5.69 Å². The molecule has 2 aromatic rings. The van der Waals surface area contributed by atoms with Gasteiger partial charge in [0.15, 0.2) is 0 Å². The van der Waals surface area contributed by atoms with E-state index in [1.165, 1.54) is 0 Å². The lowest BCUT2D eigenvalue weighted by atomic mass is 9.93. The Morgan fingerprint density at radius 1 is 1.17 bits per heavy atom. The molecule has 2 N–H and O–H groups in total. The van der Waals surface area contributed by atoms with Crippen LogP contribution < -0.4 is 5.73 Å². The van der Waals surface area contributed by atoms with Crippen molar-refractivity contribution >= 4 is 5.69 Å². The Morgan fingerprint density at radius 2 is 1.89 bits per heavy atom. The van der Waals surface area contributed by atoms with Crippen molar-refractivity contribution < 1.29 is 0 Å². The number of hydrogen-bond acceptors (Lipinski definition) is 2. The summed E-state index contributed by atoms with van der Waals surface area (Å²) in [6.07, 6.45) is 2.43. The monoisotopic (exact) mass is 234 g/mol. The van der Waals surface area contributed by atoms with Gasteiger partial charge in [-0.1, -0.05) is 42.5 Å². The second kappa shape index (κ2) is 5.20. The van der Waals surface area contributed by atoms with Gasteiger partial charge in [0.1, 0.15) is 6.07 Å². The Hall–Kier alpha value is -2.53. The lowest BCUT2D eigenvalue weighted by Gasteiger charge is -2.12. The third-order valence-corrected chi connectivity index (χ3v) is 2.89. The summed E-state index contributed by atoms with van der Waals surface area (Å²) >= 11 is 0. The van der Waals surface area contributed by atoms with E-state index in [1.807, 2.05) is 36.4 Å². The van der Waals surface area contributed by atoms with Crippen molar-refractivity contribution in [1.82, 2.24) is 0 Å². The lowest BCUT2D eigenvalue weighted by molar-refractivity contribution is 1.25. The molecule has 0 aliphatic heterocycles. The number of anilines is 1. The molecule has 88 valence electrons. The maximum Gasteiger partial charge on any atom is 0.102 e. The van der Waals surface area contributed by atoms with Crippen LogP contribution in [0.1, 0.15) is 11.1 Å². The van der Waals surface area contributed by atoms with Crippen molar-refractivity contribution in [3.8, 4) is 17.2 Å². The number of nitrogens with zero attached hydrogens (tertiary/aromatic N) is 1. The molecule has 2 heteroatoms. The SMILES string of the molecule is C=CCc1c(-c2ccccc2)ccc(N)c1C#N. The topological polar surface area (TPSA) is 49.8 Å². The van der Waals surface area contributed by atoms with E-state index < -0.39 is 0 Å². The van der Waals surface area contributed by atoms with E-state index in [0.717, 1.165) is 16.7 Å². The van der Waals surface area contributed by atoms with Gasteiger partial charge in [-0.15, -0.1) is 6.58 Å². The molecule has 0 radical (unpaired) electrons. The molecule has 0 fully saturated rings. The summed E-state index contributed by atoms with van der Waals surface area (Å²) in [6.45, 7) is 3.75. The van der Waals surface area contributed by atoms with Crippen LogP contribution in [0.25, 0.3) is 11.1 Å². The number of allylic oxidation sites excluding steroid dienone is 1. The van der Waals surface area contributed by atoms with Gasteiger partial charge in [0.05, 0.1) is 5.56 Å². The van der Waals surface area contributed by atoms with Gasteiger partial charge in [-0.25, -0.2) is 0 Å². The van der Waals surface area contributed by atoms with Crippen LogP contribution in [0.15, 0.2) is 55.1 Å². The van der Waals surface area contributed by atoms with Crippen molar-refractivity contribution in [2.75, 3.05) is 5.73 Å². The van der Waals surface area contributed by atoms with E-state index in [4.69, 9.17) is 5.73 Å². The van der Waals surface area contributed by atoms with Crippen LogP contribution >= 0.6 is 0 Å². The molecule has 0 unspecified atom stereocenters. The summed E-state index contributed by atoms with van der Waals surface area (Å²) in [7, 11) is 0. The standard InChI is InChI=1S/C16H14N2/c1-2-6-14-13(12-7-4-3-5-8-12)9-10-16(18)15(14)11-17/h2-5,7-10H,1,6,18H2. The summed E-state index contributed by atoms with van der Waals surface area (Å²) < 4.78 is 0. The van der Waals surface area contributed by atoms with Gasteiger partial charge < -0.3 is 5.73 Å². The molecule has 0 amide bonds. The Balaban J connectivity index is 2.68. The van der Waals surface area contributed by atoms with Crippen molar-refractivity contribution in [3.05, 3.63) is 66.2 Å². The predicted octanol–water partition coefficient (Wildman–Crippen LogP) is 3.54. The number of nitrogen functional groups attached to an aromatic ring is 1. The molecule has 0 aromatic heterocycles. The molecule has 0 saturated heterocycles. The molecule has 0 heterocycles. The Labute approximate surface area is 107 Å². The first-order valence-electron chi connectivity index (χ1n) is 5.75. The zero-order valence-electron chi connectivity index (χ0n) is 10.1. The van der Waals surface area contributed by atoms with Crippen LogP contribution in [-0.4, -0.2) is 0 Å². The second-order valence-corrected chi connectivity index (χ2v) is 4.03. The lowest BCUT2D eigenvalue weighted by Crippen LogP contribution is -1.99. The summed E-state index contributed by atoms with van der Waals surface area (Å²) in [5.74, 6) is 0. The fraction of sp³-hybridized carbons (Fsp3) is 0.0625. The fourth-order valence-corrected chi connectivity index (χ4v) is 2.04. The minimum Gasteiger partial charge on any atom is -0.398 e. The van der Waals surface area contributed by atoms with Crippen LogP contribution in [0, 0.1) is 11.3 Å². The highest BCUT2D eigenvalue weighted by molar-refractivity contribution is 5.75. The average molecular weight is 234 g/mol. The number of benzene rings is 2. The van der Waals surface area contributed by atoms with Gasteiger partial charge in [0.2, 0.25) is 0 Å². The van der Waals surface area contributed by atoms with E-state index >= 15 is 0 Å². The predicted molar refractivity (Wildman–Crippen MR) is 74.9 cm³/mol. The van der Waals surface area contributed by atoms with Gasteiger partial charge >= 0.3 is 0 Å². The fourth-order valence-electron chi connectivity index (χ4n) is 2.04. The van der Waals surface area contributed by atoms with Gasteiger partial charge in [0.25, 0.3) is 0 Å². The van der Waals surface area contributed by atoms with Gasteiger partial charge in [-0.05, 0) is 29.2 Å². The number of rotatable bonds is 3. The summed E-state index contributed by atoms with van der Waals surface area (Å²) in [4.78, 5) is 0. The highest BCUT2D eigenvalue weighted by atomic mass is 14.6. The molecule has 2 aromatic carbocycles.